The van der Waals surface area contributed by atoms with Gasteiger partial charge < -0.3 is 15.3 Å². The number of aliphatic hydroxyl groups excluding tert-OH is 1. The van der Waals surface area contributed by atoms with Crippen LogP contribution >= 0.6 is 0 Å². The number of amides is 1. The summed E-state index contributed by atoms with van der Waals surface area (Å²) in [6.07, 6.45) is -0.605. The molecule has 0 aliphatic carbocycles. The fourth-order valence-electron chi connectivity index (χ4n) is 2.20. The first-order chi connectivity index (χ1) is 8.52. The van der Waals surface area contributed by atoms with Crippen LogP contribution in [0.15, 0.2) is 18.2 Å². The zero-order valence-electron chi connectivity index (χ0n) is 10.5. The SMILES string of the molecule is Cc1cccc(C(=O)N(C)[C@@H]2CNC[C@H]2O)c1F. The minimum Gasteiger partial charge on any atom is -0.390 e. The van der Waals surface area contributed by atoms with Crippen LogP contribution in [0.1, 0.15) is 15.9 Å². The first-order valence-corrected chi connectivity index (χ1v) is 5.93. The molecule has 1 aliphatic heterocycles. The molecule has 1 fully saturated rings. The smallest absolute Gasteiger partial charge is 0.256 e. The number of halogens is 1. The van der Waals surface area contributed by atoms with Crippen LogP contribution in [-0.4, -0.2) is 48.2 Å². The fraction of sp³-hybridized carbons (Fsp3) is 0.462. The highest BCUT2D eigenvalue weighted by atomic mass is 19.1. The summed E-state index contributed by atoms with van der Waals surface area (Å²) in [6.45, 7) is 2.60. The van der Waals surface area contributed by atoms with Crippen LogP contribution in [0.4, 0.5) is 4.39 Å². The number of carbonyl (C=O) groups is 1. The lowest BCUT2D eigenvalue weighted by Gasteiger charge is -2.26. The van der Waals surface area contributed by atoms with Crippen molar-refractivity contribution in [3.8, 4) is 0 Å². The summed E-state index contributed by atoms with van der Waals surface area (Å²) < 4.78 is 13.9. The number of hydrogen-bond acceptors (Lipinski definition) is 3. The molecular weight excluding hydrogens is 235 g/mol. The Morgan fingerprint density at radius 2 is 2.22 bits per heavy atom. The largest absolute Gasteiger partial charge is 0.390 e. The van der Waals surface area contributed by atoms with Gasteiger partial charge >= 0.3 is 0 Å². The Bertz CT molecular complexity index is 464. The van der Waals surface area contributed by atoms with Gasteiger partial charge in [-0.2, -0.15) is 0 Å². The van der Waals surface area contributed by atoms with Crippen molar-refractivity contribution in [2.45, 2.75) is 19.1 Å². The summed E-state index contributed by atoms with van der Waals surface area (Å²) in [5.74, 6) is -0.890. The number of nitrogens with zero attached hydrogens (tertiary/aromatic N) is 1. The molecule has 2 atom stereocenters. The van der Waals surface area contributed by atoms with E-state index in [1.807, 2.05) is 0 Å². The molecule has 4 nitrogen and oxygen atoms in total. The molecule has 0 bridgehead atoms. The van der Waals surface area contributed by atoms with Gasteiger partial charge in [-0.25, -0.2) is 4.39 Å². The van der Waals surface area contributed by atoms with Gasteiger partial charge in [-0.05, 0) is 18.6 Å². The standard InChI is InChI=1S/C13H17FN2O2/c1-8-4-3-5-9(12(8)14)13(18)16(2)10-6-15-7-11(10)17/h3-5,10-11,15,17H,6-7H2,1-2H3/t10-,11-/m1/s1. The molecule has 1 saturated heterocycles. The van der Waals surface area contributed by atoms with E-state index in [0.717, 1.165) is 0 Å². The third kappa shape index (κ3) is 2.23. The lowest BCUT2D eigenvalue weighted by Crippen LogP contribution is -2.44. The molecule has 0 unspecified atom stereocenters. The molecule has 1 aromatic carbocycles. The lowest BCUT2D eigenvalue weighted by atomic mass is 10.1. The molecule has 2 N–H and O–H groups in total. The monoisotopic (exact) mass is 252 g/mol. The summed E-state index contributed by atoms with van der Waals surface area (Å²) >= 11 is 0. The number of carbonyl (C=O) groups excluding carboxylic acids is 1. The molecule has 0 saturated carbocycles. The zero-order chi connectivity index (χ0) is 13.3. The number of likely N-dealkylation sites (N-methyl/N-ethyl adjacent to an activating group) is 1. The van der Waals surface area contributed by atoms with Crippen molar-refractivity contribution in [3.05, 3.63) is 35.1 Å². The zero-order valence-corrected chi connectivity index (χ0v) is 10.5. The van der Waals surface area contributed by atoms with Crippen LogP contribution in [0, 0.1) is 12.7 Å². The van der Waals surface area contributed by atoms with Crippen molar-refractivity contribution in [1.29, 1.82) is 0 Å². The van der Waals surface area contributed by atoms with Crippen molar-refractivity contribution >= 4 is 5.91 Å². The molecule has 1 amide bonds. The van der Waals surface area contributed by atoms with Gasteiger partial charge in [0.05, 0.1) is 17.7 Å². The van der Waals surface area contributed by atoms with Crippen LogP contribution in [-0.2, 0) is 0 Å². The molecule has 1 heterocycles. The Hall–Kier alpha value is -1.46. The van der Waals surface area contributed by atoms with Gasteiger partial charge in [0.15, 0.2) is 0 Å². The maximum Gasteiger partial charge on any atom is 0.256 e. The third-order valence-electron chi connectivity index (χ3n) is 3.39. The predicted molar refractivity (Wildman–Crippen MR) is 65.9 cm³/mol. The summed E-state index contributed by atoms with van der Waals surface area (Å²) in [5, 5.41) is 12.7. The van der Waals surface area contributed by atoms with Crippen molar-refractivity contribution in [2.24, 2.45) is 0 Å². The van der Waals surface area contributed by atoms with E-state index in [0.29, 0.717) is 18.7 Å². The average Bonchev–Trinajstić information content (AvgIpc) is 2.77. The van der Waals surface area contributed by atoms with E-state index in [-0.39, 0.29) is 11.6 Å². The summed E-state index contributed by atoms with van der Waals surface area (Å²) in [4.78, 5) is 13.6. The average molecular weight is 252 g/mol. The Kier molecular flexibility index (Phi) is 3.63. The Morgan fingerprint density at radius 3 is 2.83 bits per heavy atom. The number of rotatable bonds is 2. The van der Waals surface area contributed by atoms with Crippen molar-refractivity contribution in [2.75, 3.05) is 20.1 Å². The highest BCUT2D eigenvalue weighted by Crippen LogP contribution is 2.16. The quantitative estimate of drug-likeness (QED) is 0.807. The van der Waals surface area contributed by atoms with Crippen molar-refractivity contribution < 1.29 is 14.3 Å². The number of hydrogen-bond donors (Lipinski definition) is 2. The van der Waals surface area contributed by atoms with Crippen LogP contribution < -0.4 is 5.32 Å². The predicted octanol–water partition coefficient (Wildman–Crippen LogP) is 0.539. The van der Waals surface area contributed by atoms with Crippen LogP contribution in [0.5, 0.6) is 0 Å². The second-order valence-corrected chi connectivity index (χ2v) is 4.65. The van der Waals surface area contributed by atoms with Gasteiger partial charge in [0.1, 0.15) is 5.82 Å². The molecule has 5 heteroatoms. The molecule has 2 rings (SSSR count). The van der Waals surface area contributed by atoms with Gasteiger partial charge in [0.25, 0.3) is 5.91 Å². The van der Waals surface area contributed by atoms with Crippen LogP contribution in [0.3, 0.4) is 0 Å². The summed E-state index contributed by atoms with van der Waals surface area (Å²) in [7, 11) is 1.59. The van der Waals surface area contributed by atoms with Crippen LogP contribution in [0.2, 0.25) is 0 Å². The Balaban J connectivity index is 2.23. The molecule has 0 spiro atoms. The lowest BCUT2D eigenvalue weighted by molar-refractivity contribution is 0.0577. The first kappa shape index (κ1) is 13.0. The summed E-state index contributed by atoms with van der Waals surface area (Å²) in [5.41, 5.74) is 0.496. The van der Waals surface area contributed by atoms with E-state index in [4.69, 9.17) is 0 Å². The molecule has 18 heavy (non-hydrogen) atoms. The van der Waals surface area contributed by atoms with Gasteiger partial charge in [0, 0.05) is 20.1 Å². The number of nitrogens with one attached hydrogen (secondary N) is 1. The number of aliphatic hydroxyl groups is 1. The minimum atomic E-state index is -0.605. The van der Waals surface area contributed by atoms with Gasteiger partial charge in [-0.3, -0.25) is 4.79 Å². The second-order valence-electron chi connectivity index (χ2n) is 4.65. The van der Waals surface area contributed by atoms with E-state index in [2.05, 4.69) is 5.32 Å². The van der Waals surface area contributed by atoms with Crippen molar-refractivity contribution in [1.82, 2.24) is 10.2 Å². The number of β-amino-alcohol motifs (C(OH)–C–C–N with tert-alkyl or cyclic N) is 1. The molecule has 1 aromatic rings. The highest BCUT2D eigenvalue weighted by molar-refractivity contribution is 5.94. The van der Waals surface area contributed by atoms with E-state index in [1.54, 1.807) is 26.1 Å². The van der Waals surface area contributed by atoms with E-state index < -0.39 is 17.8 Å². The second kappa shape index (κ2) is 5.04. The normalized spacial score (nSPS) is 23.1. The maximum atomic E-state index is 13.9. The third-order valence-corrected chi connectivity index (χ3v) is 3.39. The fourth-order valence-corrected chi connectivity index (χ4v) is 2.20. The molecule has 98 valence electrons. The van der Waals surface area contributed by atoms with E-state index in [1.165, 1.54) is 11.0 Å². The van der Waals surface area contributed by atoms with E-state index in [9.17, 15) is 14.3 Å². The minimum absolute atomic E-state index is 0.0524. The molecule has 0 radical (unpaired) electrons. The van der Waals surface area contributed by atoms with E-state index >= 15 is 0 Å². The molecule has 1 aliphatic rings. The Labute approximate surface area is 105 Å². The van der Waals surface area contributed by atoms with Gasteiger partial charge in [-0.15, -0.1) is 0 Å². The first-order valence-electron chi connectivity index (χ1n) is 5.93. The molecule has 0 aromatic heterocycles. The highest BCUT2D eigenvalue weighted by Gasteiger charge is 2.32. The van der Waals surface area contributed by atoms with Crippen LogP contribution in [0.25, 0.3) is 0 Å². The topological polar surface area (TPSA) is 52.6 Å². The van der Waals surface area contributed by atoms with Gasteiger partial charge in [0.2, 0.25) is 0 Å². The Morgan fingerprint density at radius 1 is 1.50 bits per heavy atom. The maximum absolute atomic E-state index is 13.9. The summed E-state index contributed by atoms with van der Waals surface area (Å²) in [6, 6.07) is 4.44. The van der Waals surface area contributed by atoms with Crippen molar-refractivity contribution in [3.63, 3.8) is 0 Å². The van der Waals surface area contributed by atoms with Gasteiger partial charge in [-0.1, -0.05) is 12.1 Å². The molecular formula is C13H17FN2O2. The number of benzene rings is 1. The number of aryl methyl sites for hydroxylation is 1.